The number of likely N-dealkylation sites (N-methyl/N-ethyl adjacent to an activating group) is 1. The number of methoxy groups -OCH3 is 1. The molecule has 5 nitrogen and oxygen atoms in total. The molecule has 150 valence electrons. The van der Waals surface area contributed by atoms with Gasteiger partial charge in [-0.3, -0.25) is 0 Å². The first-order chi connectivity index (χ1) is 13.5. The lowest BCUT2D eigenvalue weighted by Crippen LogP contribution is -2.31. The molecule has 2 heterocycles. The van der Waals surface area contributed by atoms with Crippen LogP contribution >= 0.6 is 0 Å². The lowest BCUT2D eigenvalue weighted by molar-refractivity contribution is 0.298. The van der Waals surface area contributed by atoms with Crippen LogP contribution in [0.3, 0.4) is 0 Å². The molecule has 2 aromatic carbocycles. The molecule has 2 aliphatic rings. The van der Waals surface area contributed by atoms with E-state index in [1.165, 1.54) is 11.3 Å². The van der Waals surface area contributed by atoms with Crippen molar-refractivity contribution in [3.63, 3.8) is 0 Å². The molecule has 4 rings (SSSR count). The van der Waals surface area contributed by atoms with E-state index in [1.54, 1.807) is 37.4 Å². The normalized spacial score (nSPS) is 22.5. The summed E-state index contributed by atoms with van der Waals surface area (Å²) in [5, 5.41) is 0. The Labute approximate surface area is 167 Å². The topological polar surface area (TPSA) is 49.9 Å². The van der Waals surface area contributed by atoms with Crippen molar-refractivity contribution in [3.05, 3.63) is 48.0 Å². The van der Waals surface area contributed by atoms with Gasteiger partial charge in [-0.25, -0.2) is 8.42 Å². The third-order valence-electron chi connectivity index (χ3n) is 6.35. The minimum Gasteiger partial charge on any atom is -0.497 e. The van der Waals surface area contributed by atoms with Gasteiger partial charge in [0.05, 0.1) is 16.9 Å². The monoisotopic (exact) mass is 400 g/mol. The van der Waals surface area contributed by atoms with E-state index >= 15 is 0 Å². The predicted molar refractivity (Wildman–Crippen MR) is 111 cm³/mol. The molecule has 0 saturated carbocycles. The second-order valence-corrected chi connectivity index (χ2v) is 9.65. The highest BCUT2D eigenvalue weighted by Gasteiger charge is 2.38. The van der Waals surface area contributed by atoms with Gasteiger partial charge < -0.3 is 14.5 Å². The van der Waals surface area contributed by atoms with E-state index in [9.17, 15) is 8.42 Å². The molecular formula is C22H28N2O3S. The van der Waals surface area contributed by atoms with Crippen LogP contribution in [-0.2, 0) is 9.84 Å². The summed E-state index contributed by atoms with van der Waals surface area (Å²) >= 11 is 0. The van der Waals surface area contributed by atoms with Crippen LogP contribution in [-0.4, -0.2) is 53.2 Å². The lowest BCUT2D eigenvalue weighted by Gasteiger charge is -2.25. The van der Waals surface area contributed by atoms with E-state index in [2.05, 4.69) is 23.8 Å². The van der Waals surface area contributed by atoms with Crippen LogP contribution in [0.5, 0.6) is 5.75 Å². The Hall–Kier alpha value is -2.05. The summed E-state index contributed by atoms with van der Waals surface area (Å²) < 4.78 is 31.7. The Kier molecular flexibility index (Phi) is 5.10. The maximum atomic E-state index is 13.2. The van der Waals surface area contributed by atoms with Crippen LogP contribution in [0.4, 0.5) is 5.69 Å². The highest BCUT2D eigenvalue weighted by atomic mass is 32.2. The number of likely N-dealkylation sites (tertiary alicyclic amines) is 1. The van der Waals surface area contributed by atoms with E-state index in [0.717, 1.165) is 32.5 Å². The standard InChI is InChI=1S/C22H28N2O3S/c1-4-24-12-10-19-20-15-18(8-9-21(20)23(2)22(19)11-13-24)28(25,26)17-7-5-6-16(14-17)27-3/h5-9,14-15,19,22H,4,10-13H2,1-3H3/t19-,22?/m0/s1. The van der Waals surface area contributed by atoms with Gasteiger partial charge in [0.15, 0.2) is 0 Å². The zero-order valence-corrected chi connectivity index (χ0v) is 17.6. The van der Waals surface area contributed by atoms with Gasteiger partial charge in [0.1, 0.15) is 5.75 Å². The molecule has 2 aliphatic heterocycles. The molecule has 2 atom stereocenters. The number of hydrogen-bond acceptors (Lipinski definition) is 5. The first kappa shape index (κ1) is 19.3. The molecule has 0 aliphatic carbocycles. The van der Waals surface area contributed by atoms with Crippen LogP contribution in [0.25, 0.3) is 0 Å². The number of sulfone groups is 1. The summed E-state index contributed by atoms with van der Waals surface area (Å²) in [5.41, 5.74) is 2.35. The van der Waals surface area contributed by atoms with Crippen molar-refractivity contribution in [3.8, 4) is 5.75 Å². The number of nitrogens with zero attached hydrogens (tertiary/aromatic N) is 2. The van der Waals surface area contributed by atoms with Gasteiger partial charge in [0, 0.05) is 31.2 Å². The molecule has 0 amide bonds. The summed E-state index contributed by atoms with van der Waals surface area (Å²) in [5.74, 6) is 0.933. The molecule has 1 saturated heterocycles. The number of ether oxygens (including phenoxy) is 1. The zero-order chi connectivity index (χ0) is 19.9. The third-order valence-corrected chi connectivity index (χ3v) is 8.10. The van der Waals surface area contributed by atoms with Gasteiger partial charge in [-0.2, -0.15) is 0 Å². The second-order valence-electron chi connectivity index (χ2n) is 7.70. The number of hydrogen-bond donors (Lipinski definition) is 0. The highest BCUT2D eigenvalue weighted by molar-refractivity contribution is 7.91. The fourth-order valence-electron chi connectivity index (χ4n) is 4.69. The Morgan fingerprint density at radius 1 is 1.07 bits per heavy atom. The van der Waals surface area contributed by atoms with Crippen molar-refractivity contribution in [1.29, 1.82) is 0 Å². The summed E-state index contributed by atoms with van der Waals surface area (Å²) in [6.45, 7) is 5.45. The maximum Gasteiger partial charge on any atom is 0.206 e. The van der Waals surface area contributed by atoms with E-state index in [4.69, 9.17) is 4.74 Å². The predicted octanol–water partition coefficient (Wildman–Crippen LogP) is 3.55. The van der Waals surface area contributed by atoms with Gasteiger partial charge >= 0.3 is 0 Å². The number of benzene rings is 2. The van der Waals surface area contributed by atoms with Crippen molar-refractivity contribution >= 4 is 15.5 Å². The van der Waals surface area contributed by atoms with Crippen molar-refractivity contribution < 1.29 is 13.2 Å². The van der Waals surface area contributed by atoms with Gasteiger partial charge in [0.25, 0.3) is 0 Å². The summed E-state index contributed by atoms with van der Waals surface area (Å²) in [6.07, 6.45) is 2.18. The molecule has 28 heavy (non-hydrogen) atoms. The summed E-state index contributed by atoms with van der Waals surface area (Å²) in [7, 11) is 0.103. The molecule has 0 bridgehead atoms. The largest absolute Gasteiger partial charge is 0.497 e. The summed E-state index contributed by atoms with van der Waals surface area (Å²) in [6, 6.07) is 12.8. The second kappa shape index (κ2) is 7.41. The van der Waals surface area contributed by atoms with Crippen molar-refractivity contribution in [1.82, 2.24) is 4.90 Å². The Balaban J connectivity index is 1.72. The van der Waals surface area contributed by atoms with E-state index in [-0.39, 0.29) is 4.90 Å². The molecule has 2 aromatic rings. The first-order valence-electron chi connectivity index (χ1n) is 9.94. The molecular weight excluding hydrogens is 372 g/mol. The molecule has 1 fully saturated rings. The van der Waals surface area contributed by atoms with Crippen molar-refractivity contribution in [2.45, 2.75) is 41.5 Å². The average Bonchev–Trinajstić information content (AvgIpc) is 2.86. The van der Waals surface area contributed by atoms with Crippen LogP contribution in [0.15, 0.2) is 52.3 Å². The minimum absolute atomic E-state index is 0.271. The Morgan fingerprint density at radius 3 is 2.57 bits per heavy atom. The molecule has 0 radical (unpaired) electrons. The Bertz CT molecular complexity index is 973. The van der Waals surface area contributed by atoms with Crippen LogP contribution in [0.1, 0.15) is 31.2 Å². The highest BCUT2D eigenvalue weighted by Crippen LogP contribution is 2.45. The zero-order valence-electron chi connectivity index (χ0n) is 16.8. The van der Waals surface area contributed by atoms with Gasteiger partial charge in [-0.1, -0.05) is 13.0 Å². The average molecular weight is 401 g/mol. The smallest absolute Gasteiger partial charge is 0.206 e. The minimum atomic E-state index is -3.58. The lowest BCUT2D eigenvalue weighted by atomic mass is 9.91. The third kappa shape index (κ3) is 3.18. The van der Waals surface area contributed by atoms with Crippen LogP contribution in [0, 0.1) is 0 Å². The van der Waals surface area contributed by atoms with E-state index in [0.29, 0.717) is 22.6 Å². The first-order valence-corrected chi connectivity index (χ1v) is 11.4. The number of rotatable bonds is 4. The summed E-state index contributed by atoms with van der Waals surface area (Å²) in [4.78, 5) is 5.47. The SMILES string of the molecule is CCN1CCC2[C@@H](CC1)c1cc(S(=O)(=O)c3cccc(OC)c3)ccc1N2C. The molecule has 0 aromatic heterocycles. The molecule has 0 spiro atoms. The maximum absolute atomic E-state index is 13.2. The van der Waals surface area contributed by atoms with Crippen LogP contribution < -0.4 is 9.64 Å². The van der Waals surface area contributed by atoms with E-state index < -0.39 is 9.84 Å². The van der Waals surface area contributed by atoms with Gasteiger partial charge in [-0.05, 0) is 67.9 Å². The Morgan fingerprint density at radius 2 is 1.82 bits per heavy atom. The molecule has 6 heteroatoms. The van der Waals surface area contributed by atoms with E-state index in [1.807, 2.05) is 12.1 Å². The number of fused-ring (bicyclic) bond motifs is 3. The molecule has 1 unspecified atom stereocenters. The number of anilines is 1. The van der Waals surface area contributed by atoms with Gasteiger partial charge in [0.2, 0.25) is 9.84 Å². The fourth-order valence-corrected chi connectivity index (χ4v) is 6.02. The molecule has 0 N–H and O–H groups in total. The van der Waals surface area contributed by atoms with Gasteiger partial charge in [-0.15, -0.1) is 0 Å². The van der Waals surface area contributed by atoms with Crippen LogP contribution in [0.2, 0.25) is 0 Å². The van der Waals surface area contributed by atoms with Crippen molar-refractivity contribution in [2.24, 2.45) is 0 Å². The van der Waals surface area contributed by atoms with Crippen molar-refractivity contribution in [2.75, 3.05) is 38.7 Å². The quantitative estimate of drug-likeness (QED) is 0.786. The fraction of sp³-hybridized carbons (Fsp3) is 0.455.